The summed E-state index contributed by atoms with van der Waals surface area (Å²) in [5.74, 6) is -4.23. The molecule has 7 nitrogen and oxygen atoms in total. The first kappa shape index (κ1) is 20.0. The highest BCUT2D eigenvalue weighted by Gasteiger charge is 2.26. The molecule has 0 unspecified atom stereocenters. The second kappa shape index (κ2) is 7.88. The Morgan fingerprint density at radius 1 is 1.27 bits per heavy atom. The minimum absolute atomic E-state index is 0.0592. The molecule has 0 aliphatic rings. The number of ether oxygens (including phenoxy) is 1. The molecule has 4 aromatic rings. The van der Waals surface area contributed by atoms with E-state index in [0.29, 0.717) is 16.8 Å². The van der Waals surface area contributed by atoms with Crippen molar-refractivity contribution in [2.45, 2.75) is 6.10 Å². The van der Waals surface area contributed by atoms with Gasteiger partial charge in [-0.3, -0.25) is 4.79 Å². The molecular weight excluding hydrogens is 466 g/mol. The average Bonchev–Trinajstić information content (AvgIpc) is 3.33. The van der Waals surface area contributed by atoms with E-state index in [0.717, 1.165) is 17.5 Å². The Kier molecular flexibility index (Phi) is 5.27. The van der Waals surface area contributed by atoms with Gasteiger partial charge in [-0.2, -0.15) is 0 Å². The van der Waals surface area contributed by atoms with Crippen LogP contribution in [0.3, 0.4) is 0 Å². The van der Waals surface area contributed by atoms with E-state index in [9.17, 15) is 18.7 Å². The minimum atomic E-state index is -1.29. The number of furan rings is 1. The first-order valence-electron chi connectivity index (χ1n) is 8.58. The predicted molar refractivity (Wildman–Crippen MR) is 105 cm³/mol. The van der Waals surface area contributed by atoms with Gasteiger partial charge >= 0.3 is 0 Å². The highest BCUT2D eigenvalue weighted by molar-refractivity contribution is 9.10. The lowest BCUT2D eigenvalue weighted by Crippen LogP contribution is -2.18. The summed E-state index contributed by atoms with van der Waals surface area (Å²) in [6, 6.07) is 8.98. The SMILES string of the molecule is NC(=O)c1c(F)ccc(O[C@H](CO)c2nc(-c3ccc4occc4c3)c(Br)o2)c1F. The molecule has 0 bridgehead atoms. The van der Waals surface area contributed by atoms with Gasteiger partial charge < -0.3 is 24.4 Å². The number of nitrogens with two attached hydrogens (primary N) is 1. The number of primary amides is 1. The van der Waals surface area contributed by atoms with Crippen molar-refractivity contribution in [3.05, 3.63) is 70.4 Å². The van der Waals surface area contributed by atoms with Crippen molar-refractivity contribution in [1.29, 1.82) is 0 Å². The lowest BCUT2D eigenvalue weighted by Gasteiger charge is -2.15. The topological polar surface area (TPSA) is 112 Å². The third kappa shape index (κ3) is 3.55. The fraction of sp³-hybridized carbons (Fsp3) is 0.100. The molecule has 0 fully saturated rings. The number of aliphatic hydroxyl groups is 1. The smallest absolute Gasteiger partial charge is 0.254 e. The lowest BCUT2D eigenvalue weighted by molar-refractivity contribution is 0.0880. The van der Waals surface area contributed by atoms with Gasteiger partial charge in [0.05, 0.1) is 12.9 Å². The standard InChI is InChI=1S/C20H13BrF2N2O5/c21-18-17(10-1-3-12-9(7-10)5-6-28-12)25-20(30-18)14(8-26)29-13-4-2-11(22)15(16(13)23)19(24)27/h1-7,14,26H,8H2,(H2,24,27)/t14-/m1/s1. The number of oxazole rings is 1. The van der Waals surface area contributed by atoms with E-state index in [4.69, 9.17) is 19.3 Å². The summed E-state index contributed by atoms with van der Waals surface area (Å²) in [5, 5.41) is 10.6. The Labute approximate surface area is 176 Å². The molecule has 0 aliphatic carbocycles. The van der Waals surface area contributed by atoms with Crippen molar-refractivity contribution in [1.82, 2.24) is 4.98 Å². The zero-order chi connectivity index (χ0) is 21.4. The number of halogens is 3. The summed E-state index contributed by atoms with van der Waals surface area (Å²) in [6.07, 6.45) is 0.332. The summed E-state index contributed by atoms with van der Waals surface area (Å²) in [4.78, 5) is 15.6. The first-order chi connectivity index (χ1) is 14.4. The van der Waals surface area contributed by atoms with Gasteiger partial charge in [0.15, 0.2) is 22.3 Å². The van der Waals surface area contributed by atoms with Crippen molar-refractivity contribution in [3.8, 4) is 17.0 Å². The van der Waals surface area contributed by atoms with Gasteiger partial charge in [0, 0.05) is 10.9 Å². The van der Waals surface area contributed by atoms with E-state index in [1.54, 1.807) is 24.5 Å². The maximum absolute atomic E-state index is 14.4. The molecule has 0 aliphatic heterocycles. The molecule has 4 rings (SSSR count). The van der Waals surface area contributed by atoms with Gasteiger partial charge in [0.2, 0.25) is 5.89 Å². The second-order valence-corrected chi connectivity index (χ2v) is 6.96. The van der Waals surface area contributed by atoms with Crippen molar-refractivity contribution in [2.75, 3.05) is 6.61 Å². The zero-order valence-corrected chi connectivity index (χ0v) is 16.7. The van der Waals surface area contributed by atoms with E-state index in [-0.39, 0.29) is 10.6 Å². The zero-order valence-electron chi connectivity index (χ0n) is 15.1. The van der Waals surface area contributed by atoms with E-state index < -0.39 is 41.6 Å². The highest BCUT2D eigenvalue weighted by atomic mass is 79.9. The number of hydrogen-bond donors (Lipinski definition) is 2. The summed E-state index contributed by atoms with van der Waals surface area (Å²) in [6.45, 7) is -0.629. The Morgan fingerprint density at radius 2 is 2.07 bits per heavy atom. The molecule has 0 radical (unpaired) electrons. The van der Waals surface area contributed by atoms with E-state index in [1.165, 1.54) is 0 Å². The summed E-state index contributed by atoms with van der Waals surface area (Å²) < 4.78 is 44.6. The molecule has 10 heteroatoms. The number of aromatic nitrogens is 1. The van der Waals surface area contributed by atoms with Crippen LogP contribution in [0.2, 0.25) is 0 Å². The molecule has 2 aromatic carbocycles. The maximum atomic E-state index is 14.4. The van der Waals surface area contributed by atoms with Gasteiger partial charge in [-0.25, -0.2) is 13.8 Å². The van der Waals surface area contributed by atoms with Crippen LogP contribution in [0.1, 0.15) is 22.4 Å². The molecular formula is C20H13BrF2N2O5. The third-order valence-electron chi connectivity index (χ3n) is 4.34. The lowest BCUT2D eigenvalue weighted by atomic mass is 10.1. The van der Waals surface area contributed by atoms with Crippen LogP contribution >= 0.6 is 15.9 Å². The van der Waals surface area contributed by atoms with Crippen LogP contribution in [-0.4, -0.2) is 22.6 Å². The number of carbonyl (C=O) groups excluding carboxylic acids is 1. The Bertz CT molecular complexity index is 1250. The quantitative estimate of drug-likeness (QED) is 0.426. The number of carbonyl (C=O) groups is 1. The molecule has 2 aromatic heterocycles. The van der Waals surface area contributed by atoms with Gasteiger partial charge in [0.1, 0.15) is 22.7 Å². The fourth-order valence-corrected chi connectivity index (χ4v) is 3.40. The van der Waals surface area contributed by atoms with Crippen LogP contribution in [0.15, 0.2) is 56.2 Å². The van der Waals surface area contributed by atoms with E-state index in [1.807, 2.05) is 6.07 Å². The molecule has 0 saturated heterocycles. The molecule has 2 heterocycles. The first-order valence-corrected chi connectivity index (χ1v) is 9.37. The summed E-state index contributed by atoms with van der Waals surface area (Å²) in [5.41, 5.74) is 5.90. The van der Waals surface area contributed by atoms with Gasteiger partial charge in [-0.15, -0.1) is 0 Å². The number of hydrogen-bond acceptors (Lipinski definition) is 6. The number of amides is 1. The number of benzene rings is 2. The average molecular weight is 479 g/mol. The Hall–Kier alpha value is -3.24. The van der Waals surface area contributed by atoms with Crippen LogP contribution in [0.4, 0.5) is 8.78 Å². The molecule has 0 spiro atoms. The van der Waals surface area contributed by atoms with Crippen LogP contribution in [0.25, 0.3) is 22.2 Å². The number of rotatable bonds is 6. The Morgan fingerprint density at radius 3 is 2.80 bits per heavy atom. The summed E-state index contributed by atoms with van der Waals surface area (Å²) in [7, 11) is 0. The fourth-order valence-electron chi connectivity index (χ4n) is 2.92. The van der Waals surface area contributed by atoms with Crippen LogP contribution < -0.4 is 10.5 Å². The van der Waals surface area contributed by atoms with E-state index >= 15 is 0 Å². The molecule has 1 amide bonds. The monoisotopic (exact) mass is 478 g/mol. The number of aliphatic hydroxyl groups excluding tert-OH is 1. The van der Waals surface area contributed by atoms with Crippen molar-refractivity contribution in [2.24, 2.45) is 5.73 Å². The number of fused-ring (bicyclic) bond motifs is 1. The largest absolute Gasteiger partial charge is 0.475 e. The maximum Gasteiger partial charge on any atom is 0.254 e. The van der Waals surface area contributed by atoms with Gasteiger partial charge in [0.25, 0.3) is 5.91 Å². The van der Waals surface area contributed by atoms with Crippen LogP contribution in [-0.2, 0) is 0 Å². The molecule has 0 saturated carbocycles. The molecule has 30 heavy (non-hydrogen) atoms. The third-order valence-corrected chi connectivity index (χ3v) is 4.88. The Balaban J connectivity index is 1.67. The van der Waals surface area contributed by atoms with Crippen molar-refractivity contribution < 1.29 is 32.3 Å². The molecule has 3 N–H and O–H groups in total. The van der Waals surface area contributed by atoms with Gasteiger partial charge in [-0.1, -0.05) is 0 Å². The number of nitrogens with zero attached hydrogens (tertiary/aromatic N) is 1. The highest BCUT2D eigenvalue weighted by Crippen LogP contribution is 2.34. The van der Waals surface area contributed by atoms with Crippen molar-refractivity contribution >= 4 is 32.8 Å². The molecule has 154 valence electrons. The van der Waals surface area contributed by atoms with Crippen LogP contribution in [0.5, 0.6) is 5.75 Å². The predicted octanol–water partition coefficient (Wildman–Crippen LogP) is 4.34. The second-order valence-electron chi connectivity index (χ2n) is 6.24. The molecule has 1 atom stereocenters. The van der Waals surface area contributed by atoms with Crippen molar-refractivity contribution in [3.63, 3.8) is 0 Å². The van der Waals surface area contributed by atoms with Crippen LogP contribution in [0, 0.1) is 11.6 Å². The van der Waals surface area contributed by atoms with E-state index in [2.05, 4.69) is 20.9 Å². The van der Waals surface area contributed by atoms with Gasteiger partial charge in [-0.05, 0) is 52.3 Å². The summed E-state index contributed by atoms with van der Waals surface area (Å²) >= 11 is 3.27. The normalized spacial score (nSPS) is 12.3. The minimum Gasteiger partial charge on any atom is -0.475 e.